The van der Waals surface area contributed by atoms with Gasteiger partial charge in [-0.3, -0.25) is 14.5 Å². The topological polar surface area (TPSA) is 67.7 Å². The molecule has 39 heavy (non-hydrogen) atoms. The Labute approximate surface area is 228 Å². The minimum Gasteiger partial charge on any atom is -0.492 e. The number of aromatic nitrogens is 2. The number of nitrogens with zero attached hydrogens (tertiary/aromatic N) is 4. The molecule has 0 bridgehead atoms. The lowest BCUT2D eigenvalue weighted by molar-refractivity contribution is -0.129. The molecule has 7 nitrogen and oxygen atoms in total. The summed E-state index contributed by atoms with van der Waals surface area (Å²) >= 11 is 0. The number of hydrogen-bond acceptors (Lipinski definition) is 5. The summed E-state index contributed by atoms with van der Waals surface area (Å²) in [7, 11) is 3.68. The van der Waals surface area contributed by atoms with Crippen LogP contribution in [0.15, 0.2) is 71.7 Å². The van der Waals surface area contributed by atoms with Crippen molar-refractivity contribution in [1.82, 2.24) is 19.4 Å². The van der Waals surface area contributed by atoms with E-state index in [9.17, 15) is 9.59 Å². The van der Waals surface area contributed by atoms with Gasteiger partial charge >= 0.3 is 0 Å². The van der Waals surface area contributed by atoms with Crippen LogP contribution in [-0.4, -0.2) is 65.1 Å². The molecule has 0 spiro atoms. The number of allylic oxidation sites excluding steroid dienone is 1. The second-order valence-corrected chi connectivity index (χ2v) is 10.3. The Morgan fingerprint density at radius 3 is 2.59 bits per heavy atom. The van der Waals surface area contributed by atoms with E-state index < -0.39 is 0 Å². The highest BCUT2D eigenvalue weighted by atomic mass is 16.5. The summed E-state index contributed by atoms with van der Waals surface area (Å²) in [6.45, 7) is 3.81. The number of rotatable bonds is 6. The minimum absolute atomic E-state index is 0.0744. The molecule has 2 aromatic heterocycles. The minimum atomic E-state index is 0.0744. The summed E-state index contributed by atoms with van der Waals surface area (Å²) in [5.41, 5.74) is 6.98. The van der Waals surface area contributed by atoms with E-state index in [-0.39, 0.29) is 11.5 Å². The number of carbonyl (C=O) groups is 1. The predicted octanol–water partition coefficient (Wildman–Crippen LogP) is 4.38. The number of fused-ring (bicyclic) bond motifs is 2. The van der Waals surface area contributed by atoms with E-state index >= 15 is 0 Å². The molecular formula is C32H32N4O3. The maximum Gasteiger partial charge on any atom is 0.254 e. The van der Waals surface area contributed by atoms with Crippen LogP contribution in [-0.2, 0) is 18.3 Å². The fraction of sp³-hybridized carbons (Fsp3) is 0.281. The highest BCUT2D eigenvalue weighted by Crippen LogP contribution is 2.32. The van der Waals surface area contributed by atoms with Gasteiger partial charge in [-0.2, -0.15) is 0 Å². The zero-order valence-corrected chi connectivity index (χ0v) is 22.4. The third kappa shape index (κ3) is 5.10. The zero-order valence-electron chi connectivity index (χ0n) is 22.4. The Kier molecular flexibility index (Phi) is 6.75. The van der Waals surface area contributed by atoms with Gasteiger partial charge in [0.25, 0.3) is 5.56 Å². The van der Waals surface area contributed by atoms with Gasteiger partial charge in [-0.15, -0.1) is 0 Å². The number of aryl methyl sites for hydroxylation is 1. The Morgan fingerprint density at radius 2 is 1.74 bits per heavy atom. The van der Waals surface area contributed by atoms with Crippen LogP contribution in [0.4, 0.5) is 0 Å². The molecule has 0 unspecified atom stereocenters. The van der Waals surface area contributed by atoms with Crippen molar-refractivity contribution in [2.45, 2.75) is 12.8 Å². The number of likely N-dealkylation sites (N-methyl/N-ethyl adjacent to an activating group) is 1. The van der Waals surface area contributed by atoms with E-state index in [4.69, 9.17) is 9.72 Å². The van der Waals surface area contributed by atoms with Crippen molar-refractivity contribution in [3.05, 3.63) is 88.4 Å². The monoisotopic (exact) mass is 520 g/mol. The molecular weight excluding hydrogens is 488 g/mol. The fourth-order valence-electron chi connectivity index (χ4n) is 5.39. The third-order valence-corrected chi connectivity index (χ3v) is 7.77. The Bertz CT molecular complexity index is 1640. The lowest BCUT2D eigenvalue weighted by Gasteiger charge is -2.19. The lowest BCUT2D eigenvalue weighted by Crippen LogP contribution is -2.32. The first kappa shape index (κ1) is 25.1. The molecule has 0 N–H and O–H groups in total. The lowest BCUT2D eigenvalue weighted by atomic mass is 9.98. The van der Waals surface area contributed by atoms with Crippen molar-refractivity contribution in [1.29, 1.82) is 0 Å². The second kappa shape index (κ2) is 10.5. The van der Waals surface area contributed by atoms with E-state index in [0.29, 0.717) is 19.4 Å². The summed E-state index contributed by atoms with van der Waals surface area (Å²) in [6, 6.07) is 18.5. The van der Waals surface area contributed by atoms with Gasteiger partial charge in [0.15, 0.2) is 0 Å². The summed E-state index contributed by atoms with van der Waals surface area (Å²) in [4.78, 5) is 33.3. The number of amides is 1. The molecule has 7 heteroatoms. The number of benzene rings is 2. The van der Waals surface area contributed by atoms with Crippen molar-refractivity contribution in [2.75, 3.05) is 39.8 Å². The fourth-order valence-corrected chi connectivity index (χ4v) is 5.39. The van der Waals surface area contributed by atoms with Crippen molar-refractivity contribution in [3.8, 4) is 28.1 Å². The Balaban J connectivity index is 1.14. The zero-order chi connectivity index (χ0) is 26.9. The quantitative estimate of drug-likeness (QED) is 0.378. The highest BCUT2D eigenvalue weighted by molar-refractivity contribution is 5.88. The highest BCUT2D eigenvalue weighted by Gasteiger charge is 2.18. The standard InChI is InChI=1S/C32H32N4O3/c1-34-16-17-36(15-14-31(34)37)18-19-39-25-10-6-22(7-11-25)29-13-9-24-20-23(8-12-30(24)33-29)28-21-35(2)32(38)27-5-3-4-26(27)28/h3-4,6-13,20-21H,5,14-19H2,1-2H3. The van der Waals surface area contributed by atoms with Gasteiger partial charge in [-0.1, -0.05) is 24.3 Å². The molecule has 6 rings (SSSR count). The van der Waals surface area contributed by atoms with Crippen LogP contribution in [0.3, 0.4) is 0 Å². The smallest absolute Gasteiger partial charge is 0.254 e. The Morgan fingerprint density at radius 1 is 0.923 bits per heavy atom. The van der Waals surface area contributed by atoms with Crippen molar-refractivity contribution in [2.24, 2.45) is 7.05 Å². The van der Waals surface area contributed by atoms with Gasteiger partial charge in [0.05, 0.1) is 11.2 Å². The largest absolute Gasteiger partial charge is 0.492 e. The van der Waals surface area contributed by atoms with Crippen molar-refractivity contribution >= 4 is 22.9 Å². The summed E-state index contributed by atoms with van der Waals surface area (Å²) in [5.74, 6) is 1.03. The maximum atomic E-state index is 12.5. The van der Waals surface area contributed by atoms with Crippen LogP contribution in [0.1, 0.15) is 17.5 Å². The van der Waals surface area contributed by atoms with Gasteiger partial charge in [0, 0.05) is 75.0 Å². The molecule has 1 amide bonds. The molecule has 198 valence electrons. The summed E-state index contributed by atoms with van der Waals surface area (Å²) in [5, 5.41) is 1.06. The van der Waals surface area contributed by atoms with Gasteiger partial charge in [0.1, 0.15) is 12.4 Å². The molecule has 1 saturated heterocycles. The van der Waals surface area contributed by atoms with Gasteiger partial charge < -0.3 is 14.2 Å². The van der Waals surface area contributed by atoms with E-state index in [0.717, 1.165) is 76.3 Å². The molecule has 1 fully saturated rings. The van der Waals surface area contributed by atoms with Gasteiger partial charge in [-0.05, 0) is 60.0 Å². The number of ether oxygens (including phenoxy) is 1. The van der Waals surface area contributed by atoms with Crippen molar-refractivity contribution < 1.29 is 9.53 Å². The molecule has 3 heterocycles. The van der Waals surface area contributed by atoms with E-state index in [1.54, 1.807) is 9.47 Å². The molecule has 0 radical (unpaired) electrons. The maximum absolute atomic E-state index is 12.5. The first-order valence-corrected chi connectivity index (χ1v) is 13.5. The van der Waals surface area contributed by atoms with Crippen LogP contribution < -0.4 is 10.3 Å². The summed E-state index contributed by atoms with van der Waals surface area (Å²) < 4.78 is 7.66. The molecule has 1 aliphatic heterocycles. The SMILES string of the molecule is CN1CCN(CCOc2ccc(-c3ccc4cc(-c5cn(C)c(=O)c6c5C=CC6)ccc4n3)cc2)CCC1=O. The molecule has 0 atom stereocenters. The van der Waals surface area contributed by atoms with Crippen LogP contribution in [0.25, 0.3) is 39.4 Å². The van der Waals surface area contributed by atoms with Crippen LogP contribution >= 0.6 is 0 Å². The number of pyridine rings is 2. The average Bonchev–Trinajstić information content (AvgIpc) is 3.40. The van der Waals surface area contributed by atoms with Crippen LogP contribution in [0.5, 0.6) is 5.75 Å². The first-order chi connectivity index (χ1) is 19.0. The van der Waals surface area contributed by atoms with Gasteiger partial charge in [-0.25, -0.2) is 4.98 Å². The van der Waals surface area contributed by atoms with Crippen molar-refractivity contribution in [3.63, 3.8) is 0 Å². The molecule has 2 aromatic carbocycles. The average molecular weight is 521 g/mol. The number of hydrogen-bond donors (Lipinski definition) is 0. The van der Waals surface area contributed by atoms with Crippen LogP contribution in [0, 0.1) is 0 Å². The summed E-state index contributed by atoms with van der Waals surface area (Å²) in [6.07, 6.45) is 7.30. The molecule has 0 saturated carbocycles. The molecule has 2 aliphatic rings. The third-order valence-electron chi connectivity index (χ3n) is 7.77. The van der Waals surface area contributed by atoms with E-state index in [2.05, 4.69) is 41.3 Å². The van der Waals surface area contributed by atoms with Crippen LogP contribution in [0.2, 0.25) is 0 Å². The second-order valence-electron chi connectivity index (χ2n) is 10.3. The molecule has 4 aromatic rings. The first-order valence-electron chi connectivity index (χ1n) is 13.5. The molecule has 1 aliphatic carbocycles. The predicted molar refractivity (Wildman–Crippen MR) is 155 cm³/mol. The number of carbonyl (C=O) groups excluding carboxylic acids is 1. The normalized spacial score (nSPS) is 15.5. The van der Waals surface area contributed by atoms with E-state index in [1.165, 1.54) is 0 Å². The van der Waals surface area contributed by atoms with Gasteiger partial charge in [0.2, 0.25) is 5.91 Å². The Hall–Kier alpha value is -4.23. The van der Waals surface area contributed by atoms with E-state index in [1.807, 2.05) is 50.6 Å².